The van der Waals surface area contributed by atoms with Gasteiger partial charge in [0, 0.05) is 12.8 Å². The van der Waals surface area contributed by atoms with Crippen molar-refractivity contribution >= 4 is 37.0 Å². The summed E-state index contributed by atoms with van der Waals surface area (Å²) in [5, 5.41) is 17.8. The van der Waals surface area contributed by atoms with E-state index in [4.69, 9.17) is 33.7 Å². The van der Waals surface area contributed by atoms with Gasteiger partial charge >= 0.3 is 25.7 Å². The molecular weight excluding hydrogens is 719 g/mol. The van der Waals surface area contributed by atoms with Crippen LogP contribution in [0.3, 0.4) is 0 Å². The summed E-state index contributed by atoms with van der Waals surface area (Å²) in [4.78, 5) is 42.9. The Morgan fingerprint density at radius 2 is 1.72 bits per heavy atom. The molecule has 17 heteroatoms. The van der Waals surface area contributed by atoms with Crippen LogP contribution in [-0.4, -0.2) is 69.6 Å². The summed E-state index contributed by atoms with van der Waals surface area (Å²) in [6.45, 7) is 10.1. The van der Waals surface area contributed by atoms with Gasteiger partial charge in [0.2, 0.25) is 5.60 Å². The third-order valence-corrected chi connectivity index (χ3v) is 11.1. The number of nitrogens with zero attached hydrogens (tertiary/aromatic N) is 4. The van der Waals surface area contributed by atoms with Gasteiger partial charge in [-0.1, -0.05) is 53.2 Å². The Balaban J connectivity index is 1.50. The minimum atomic E-state index is -4.49. The molecule has 3 N–H and O–H groups in total. The summed E-state index contributed by atoms with van der Waals surface area (Å²) in [5.41, 5.74) is 5.19. The van der Waals surface area contributed by atoms with Gasteiger partial charge in [-0.3, -0.25) is 18.9 Å². The first-order valence-electron chi connectivity index (χ1n) is 18.2. The van der Waals surface area contributed by atoms with Crippen molar-refractivity contribution in [1.29, 1.82) is 5.26 Å². The van der Waals surface area contributed by atoms with Crippen LogP contribution in [0.5, 0.6) is 5.75 Å². The van der Waals surface area contributed by atoms with E-state index < -0.39 is 62.2 Å². The minimum absolute atomic E-state index is 0.0652. The number of carbonyl (C=O) groups excluding carboxylic acids is 3. The van der Waals surface area contributed by atoms with Crippen molar-refractivity contribution in [2.24, 2.45) is 0 Å². The molecule has 2 aliphatic rings. The maximum absolute atomic E-state index is 14.7. The SMILES string of the molecule is CCC(=O)O[C@H]1[C@@H](OC(=O)CC)[C@](C#N)(c2ccc3c(N)ncnn23)O[C@@H]1COP(=O)(N[C@@H](C)C(=O)OC1CCCCC1)Oc1ccc(C(C)(C)C)cc1. The van der Waals surface area contributed by atoms with Crippen LogP contribution in [0.2, 0.25) is 0 Å². The number of carbonyl (C=O) groups is 3. The lowest BCUT2D eigenvalue weighted by Crippen LogP contribution is -2.46. The Hall–Kier alpha value is -4.55. The van der Waals surface area contributed by atoms with Crippen molar-refractivity contribution in [2.75, 3.05) is 12.3 Å². The van der Waals surface area contributed by atoms with E-state index in [-0.39, 0.29) is 41.6 Å². The topological polar surface area (TPSA) is 216 Å². The predicted molar refractivity (Wildman–Crippen MR) is 195 cm³/mol. The number of esters is 3. The first kappa shape index (κ1) is 40.6. The molecule has 1 saturated carbocycles. The van der Waals surface area contributed by atoms with E-state index in [1.807, 2.05) is 32.9 Å². The summed E-state index contributed by atoms with van der Waals surface area (Å²) in [6.07, 6.45) is 0.859. The van der Waals surface area contributed by atoms with Gasteiger partial charge in [0.25, 0.3) is 0 Å². The smallest absolute Gasteiger partial charge is 0.459 e. The van der Waals surface area contributed by atoms with Gasteiger partial charge in [0.1, 0.15) is 41.9 Å². The highest BCUT2D eigenvalue weighted by Crippen LogP contribution is 2.49. The summed E-state index contributed by atoms with van der Waals surface area (Å²) in [7, 11) is -4.49. The van der Waals surface area contributed by atoms with Crippen LogP contribution >= 0.6 is 7.75 Å². The molecule has 1 aliphatic heterocycles. The lowest BCUT2D eigenvalue weighted by atomic mass is 9.87. The first-order chi connectivity index (χ1) is 25.6. The number of aromatic nitrogens is 3. The highest BCUT2D eigenvalue weighted by Gasteiger charge is 2.62. The second-order valence-electron chi connectivity index (χ2n) is 14.4. The number of benzene rings is 1. The lowest BCUT2D eigenvalue weighted by molar-refractivity contribution is -0.169. The van der Waals surface area contributed by atoms with Gasteiger partial charge < -0.3 is 29.2 Å². The second-order valence-corrected chi connectivity index (χ2v) is 16.1. The van der Waals surface area contributed by atoms with E-state index in [1.165, 1.54) is 23.8 Å². The molecule has 0 bridgehead atoms. The number of anilines is 1. The van der Waals surface area contributed by atoms with Crippen molar-refractivity contribution in [2.45, 2.75) is 128 Å². The van der Waals surface area contributed by atoms with Crippen molar-refractivity contribution in [3.8, 4) is 11.8 Å². The van der Waals surface area contributed by atoms with Gasteiger partial charge in [-0.25, -0.2) is 14.1 Å². The molecule has 1 unspecified atom stereocenters. The van der Waals surface area contributed by atoms with E-state index in [0.717, 1.165) is 37.7 Å². The number of nitrogen functional groups attached to an aromatic ring is 1. The van der Waals surface area contributed by atoms with Crippen LogP contribution in [0.15, 0.2) is 42.7 Å². The highest BCUT2D eigenvalue weighted by atomic mass is 31.2. The Labute approximate surface area is 314 Å². The number of nitrogens with two attached hydrogens (primary N) is 1. The van der Waals surface area contributed by atoms with Gasteiger partial charge in [0.15, 0.2) is 18.0 Å². The third kappa shape index (κ3) is 9.03. The normalized spacial score (nSPS) is 23.5. The fraction of sp³-hybridized carbons (Fsp3) is 0.568. The number of hydrogen-bond donors (Lipinski definition) is 2. The molecule has 1 aromatic carbocycles. The molecule has 5 rings (SSSR count). The fourth-order valence-electron chi connectivity index (χ4n) is 6.42. The van der Waals surface area contributed by atoms with E-state index in [1.54, 1.807) is 32.0 Å². The standard InChI is InChI=1S/C37H49N6O10P/c1-7-30(44)50-32-28(52-37(21-38,33(32)51-31(45)8-2)29-19-18-27-34(39)40-22-41-43(27)29)20-48-54(47,53-26-16-14-24(15-17-26)36(4,5)6)42-23(3)35(46)49-25-12-10-9-11-13-25/h14-19,22-23,25,28,32-33H,7-13,20H2,1-6H3,(H,42,47)(H2,39,40,41)/t23-,28+,32+,33+,37-,54?/m0/s1. The zero-order valence-electron chi connectivity index (χ0n) is 31.5. The number of hydrogen-bond acceptors (Lipinski definition) is 14. The van der Waals surface area contributed by atoms with Crippen molar-refractivity contribution in [3.63, 3.8) is 0 Å². The predicted octanol–water partition coefficient (Wildman–Crippen LogP) is 5.43. The average Bonchev–Trinajstić information content (AvgIpc) is 3.71. The maximum Gasteiger partial charge on any atom is 0.459 e. The Kier molecular flexibility index (Phi) is 12.7. The Morgan fingerprint density at radius 3 is 2.35 bits per heavy atom. The maximum atomic E-state index is 14.7. The number of nitriles is 1. The lowest BCUT2D eigenvalue weighted by Gasteiger charge is -2.28. The van der Waals surface area contributed by atoms with Crippen LogP contribution in [0.1, 0.15) is 97.7 Å². The monoisotopic (exact) mass is 768 g/mol. The number of ether oxygens (including phenoxy) is 4. The van der Waals surface area contributed by atoms with Gasteiger partial charge in [0.05, 0.1) is 12.3 Å². The van der Waals surface area contributed by atoms with Crippen LogP contribution in [0, 0.1) is 11.3 Å². The quantitative estimate of drug-likeness (QED) is 0.119. The fourth-order valence-corrected chi connectivity index (χ4v) is 7.92. The molecule has 0 amide bonds. The van der Waals surface area contributed by atoms with Crippen molar-refractivity contribution in [1.82, 2.24) is 19.7 Å². The molecule has 2 aromatic heterocycles. The van der Waals surface area contributed by atoms with Gasteiger partial charge in [-0.15, -0.1) is 0 Å². The van der Waals surface area contributed by atoms with Crippen LogP contribution in [0.4, 0.5) is 5.82 Å². The Bertz CT molecular complexity index is 1900. The number of nitrogens with one attached hydrogen (secondary N) is 1. The zero-order chi connectivity index (χ0) is 39.3. The minimum Gasteiger partial charge on any atom is -0.461 e. The van der Waals surface area contributed by atoms with Crippen molar-refractivity contribution in [3.05, 3.63) is 54.0 Å². The van der Waals surface area contributed by atoms with E-state index in [0.29, 0.717) is 5.52 Å². The zero-order valence-corrected chi connectivity index (χ0v) is 32.4. The largest absolute Gasteiger partial charge is 0.461 e. The molecule has 3 heterocycles. The van der Waals surface area contributed by atoms with E-state index >= 15 is 0 Å². The highest BCUT2D eigenvalue weighted by molar-refractivity contribution is 7.52. The Morgan fingerprint density at radius 1 is 1.06 bits per heavy atom. The molecule has 1 saturated heterocycles. The summed E-state index contributed by atoms with van der Waals surface area (Å²) in [5.74, 6) is -1.76. The number of fused-ring (bicyclic) bond motifs is 1. The molecule has 0 radical (unpaired) electrons. The van der Waals surface area contributed by atoms with E-state index in [2.05, 4.69) is 21.2 Å². The molecule has 2 fully saturated rings. The molecule has 6 atom stereocenters. The van der Waals surface area contributed by atoms with Gasteiger partial charge in [-0.2, -0.15) is 15.4 Å². The van der Waals surface area contributed by atoms with Gasteiger partial charge in [-0.05, 0) is 67.9 Å². The number of rotatable bonds is 14. The second kappa shape index (κ2) is 16.9. The third-order valence-electron chi connectivity index (χ3n) is 9.43. The van der Waals surface area contributed by atoms with Crippen molar-refractivity contribution < 1.29 is 46.9 Å². The summed E-state index contributed by atoms with van der Waals surface area (Å²) >= 11 is 0. The molecule has 1 aliphatic carbocycles. The molecule has 3 aromatic rings. The summed E-state index contributed by atoms with van der Waals surface area (Å²) < 4.78 is 51.7. The molecule has 16 nitrogen and oxygen atoms in total. The van der Waals surface area contributed by atoms with Crippen LogP contribution in [0.25, 0.3) is 5.52 Å². The van der Waals surface area contributed by atoms with E-state index in [9.17, 15) is 24.2 Å². The van der Waals surface area contributed by atoms with Crippen LogP contribution in [-0.2, 0) is 53.4 Å². The summed E-state index contributed by atoms with van der Waals surface area (Å²) in [6, 6.07) is 11.0. The molecule has 0 spiro atoms. The molecular formula is C37H49N6O10P. The van der Waals surface area contributed by atoms with Crippen LogP contribution < -0.4 is 15.3 Å². The molecule has 54 heavy (non-hydrogen) atoms. The first-order valence-corrected chi connectivity index (χ1v) is 19.8. The average molecular weight is 769 g/mol. The molecule has 292 valence electrons.